The normalized spacial score (nSPS) is 17.9. The van der Waals surface area contributed by atoms with Crippen molar-refractivity contribution in [2.24, 2.45) is 0 Å². The number of hydrogen-bond donors (Lipinski definition) is 3. The monoisotopic (exact) mass is 628 g/mol. The molecule has 1 saturated heterocycles. The standard InChI is InChI=1S/C21H25ClN2O2S.2CH4O4S/c1-26-19-4-2-3-17-18(24-9-7-23(8-10-24)11-12-25)14-15-13-16(22)5-6-20(15)27-21(17)19;2*1-5-6(2,3)4/h2-6,13,18,25H,7-12,14H2,1H3;2*1H3,(H,2,3,4). The Morgan fingerprint density at radius 2 is 1.56 bits per heavy atom. The molecule has 2 heterocycles. The zero-order valence-corrected chi connectivity index (χ0v) is 24.9. The van der Waals surface area contributed by atoms with Crippen LogP contribution in [0, 0.1) is 0 Å². The van der Waals surface area contributed by atoms with Crippen LogP contribution in [0.2, 0.25) is 5.02 Å². The Balaban J connectivity index is 0.000000374. The van der Waals surface area contributed by atoms with Gasteiger partial charge in [0, 0.05) is 48.7 Å². The average Bonchev–Trinajstić information content (AvgIpc) is 3.06. The number of methoxy groups -OCH3 is 1. The molecule has 0 aliphatic carbocycles. The van der Waals surface area contributed by atoms with Gasteiger partial charge in [-0.1, -0.05) is 35.5 Å². The van der Waals surface area contributed by atoms with Gasteiger partial charge in [0.1, 0.15) is 5.75 Å². The molecule has 0 bridgehead atoms. The summed E-state index contributed by atoms with van der Waals surface area (Å²) in [5.41, 5.74) is 2.64. The second kappa shape index (κ2) is 15.5. The van der Waals surface area contributed by atoms with Gasteiger partial charge in [0.25, 0.3) is 0 Å². The van der Waals surface area contributed by atoms with Crippen molar-refractivity contribution >= 4 is 44.2 Å². The van der Waals surface area contributed by atoms with Gasteiger partial charge in [0.05, 0.1) is 32.8 Å². The van der Waals surface area contributed by atoms with E-state index in [4.69, 9.17) is 25.4 Å². The number of benzene rings is 2. The van der Waals surface area contributed by atoms with Crippen LogP contribution in [-0.2, 0) is 35.6 Å². The minimum Gasteiger partial charge on any atom is -0.496 e. The molecular formula is C23H33ClN2O10S3. The van der Waals surface area contributed by atoms with E-state index in [1.54, 1.807) is 18.9 Å². The molecule has 0 aromatic heterocycles. The molecule has 0 amide bonds. The lowest BCUT2D eigenvalue weighted by Crippen LogP contribution is -2.48. The van der Waals surface area contributed by atoms with Crippen LogP contribution in [0.3, 0.4) is 0 Å². The summed E-state index contributed by atoms with van der Waals surface area (Å²) < 4.78 is 65.1. The van der Waals surface area contributed by atoms with Crippen LogP contribution < -0.4 is 4.74 Å². The van der Waals surface area contributed by atoms with Gasteiger partial charge in [0.2, 0.25) is 0 Å². The quantitative estimate of drug-likeness (QED) is 0.400. The number of piperazine rings is 1. The predicted molar refractivity (Wildman–Crippen MR) is 147 cm³/mol. The predicted octanol–water partition coefficient (Wildman–Crippen LogP) is 2.58. The van der Waals surface area contributed by atoms with E-state index >= 15 is 0 Å². The molecule has 1 atom stereocenters. The minimum atomic E-state index is -4.16. The van der Waals surface area contributed by atoms with Crippen LogP contribution >= 0.6 is 23.4 Å². The van der Waals surface area contributed by atoms with E-state index < -0.39 is 20.8 Å². The highest BCUT2D eigenvalue weighted by atomic mass is 35.5. The first-order chi connectivity index (χ1) is 18.3. The number of fused-ring (bicyclic) bond motifs is 2. The lowest BCUT2D eigenvalue weighted by molar-refractivity contribution is 0.0822. The first-order valence-corrected chi connectivity index (χ1v) is 15.5. The molecule has 1 unspecified atom stereocenters. The molecule has 2 aromatic rings. The maximum atomic E-state index is 9.33. The Morgan fingerprint density at radius 1 is 0.974 bits per heavy atom. The fraction of sp³-hybridized carbons (Fsp3) is 0.478. The fourth-order valence-corrected chi connectivity index (χ4v) is 5.46. The zero-order valence-electron chi connectivity index (χ0n) is 21.7. The molecule has 220 valence electrons. The molecule has 16 heteroatoms. The third kappa shape index (κ3) is 11.1. The molecule has 12 nitrogen and oxygen atoms in total. The Bertz CT molecular complexity index is 1260. The Labute approximate surface area is 238 Å². The van der Waals surface area contributed by atoms with Crippen LogP contribution in [0.1, 0.15) is 17.2 Å². The van der Waals surface area contributed by atoms with Crippen molar-refractivity contribution in [3.05, 3.63) is 52.5 Å². The molecule has 0 spiro atoms. The molecule has 0 saturated carbocycles. The van der Waals surface area contributed by atoms with Crippen molar-refractivity contribution in [3.63, 3.8) is 0 Å². The summed E-state index contributed by atoms with van der Waals surface area (Å²) in [5.74, 6) is 0.934. The van der Waals surface area contributed by atoms with Crippen molar-refractivity contribution < 1.29 is 44.2 Å². The maximum Gasteiger partial charge on any atom is 0.397 e. The number of aliphatic hydroxyl groups excluding tert-OH is 1. The number of nitrogens with zero attached hydrogens (tertiary/aromatic N) is 2. The van der Waals surface area contributed by atoms with Gasteiger partial charge in [-0.3, -0.25) is 27.3 Å². The summed E-state index contributed by atoms with van der Waals surface area (Å²) in [4.78, 5) is 7.37. The third-order valence-corrected chi connectivity index (χ3v) is 8.26. The number of hydrogen-bond acceptors (Lipinski definition) is 11. The van der Waals surface area contributed by atoms with Crippen molar-refractivity contribution in [1.29, 1.82) is 0 Å². The summed E-state index contributed by atoms with van der Waals surface area (Å²) in [5, 5.41) is 10.00. The van der Waals surface area contributed by atoms with Crippen LogP contribution in [0.4, 0.5) is 0 Å². The first kappa shape index (κ1) is 33.7. The zero-order chi connectivity index (χ0) is 29.2. The van der Waals surface area contributed by atoms with E-state index in [0.717, 1.165) is 64.1 Å². The largest absolute Gasteiger partial charge is 0.496 e. The highest BCUT2D eigenvalue weighted by Crippen LogP contribution is 2.47. The molecular weight excluding hydrogens is 596 g/mol. The van der Waals surface area contributed by atoms with Crippen molar-refractivity contribution in [2.45, 2.75) is 22.3 Å². The van der Waals surface area contributed by atoms with E-state index in [9.17, 15) is 21.9 Å². The van der Waals surface area contributed by atoms with Crippen molar-refractivity contribution in [2.75, 3.05) is 60.7 Å². The van der Waals surface area contributed by atoms with Crippen LogP contribution in [0.25, 0.3) is 0 Å². The van der Waals surface area contributed by atoms with Gasteiger partial charge in [0.15, 0.2) is 0 Å². The van der Waals surface area contributed by atoms with Gasteiger partial charge in [-0.05, 0) is 41.8 Å². The van der Waals surface area contributed by atoms with Crippen LogP contribution in [0.5, 0.6) is 5.75 Å². The van der Waals surface area contributed by atoms with Gasteiger partial charge in [-0.25, -0.2) is 0 Å². The summed E-state index contributed by atoms with van der Waals surface area (Å²) >= 11 is 8.10. The van der Waals surface area contributed by atoms with Crippen molar-refractivity contribution in [1.82, 2.24) is 9.80 Å². The van der Waals surface area contributed by atoms with Gasteiger partial charge in [-0.15, -0.1) is 0 Å². The second-order valence-electron chi connectivity index (χ2n) is 8.24. The lowest BCUT2D eigenvalue weighted by atomic mass is 9.96. The smallest absolute Gasteiger partial charge is 0.397 e. The lowest BCUT2D eigenvalue weighted by Gasteiger charge is -2.39. The molecule has 0 radical (unpaired) electrons. The number of β-amino-alcohol motifs (C(OH)–C–C–N with tert-alkyl or cyclic N) is 1. The minimum absolute atomic E-state index is 0.228. The number of aliphatic hydroxyl groups is 1. The molecule has 39 heavy (non-hydrogen) atoms. The topological polar surface area (TPSA) is 163 Å². The van der Waals surface area contributed by atoms with E-state index in [0.29, 0.717) is 6.04 Å². The Kier molecular flexibility index (Phi) is 13.4. The van der Waals surface area contributed by atoms with Gasteiger partial charge < -0.3 is 9.84 Å². The highest BCUT2D eigenvalue weighted by Gasteiger charge is 2.31. The Hall–Kier alpha value is -1.50. The van der Waals surface area contributed by atoms with E-state index in [2.05, 4.69) is 42.4 Å². The van der Waals surface area contributed by atoms with E-state index in [-0.39, 0.29) is 6.61 Å². The van der Waals surface area contributed by atoms with Crippen LogP contribution in [0.15, 0.2) is 46.2 Å². The summed E-state index contributed by atoms with van der Waals surface area (Å²) in [6, 6.07) is 12.9. The summed E-state index contributed by atoms with van der Waals surface area (Å²) in [6.07, 6.45) is 0.947. The maximum absolute atomic E-state index is 9.33. The third-order valence-electron chi connectivity index (χ3n) is 5.92. The van der Waals surface area contributed by atoms with Crippen LogP contribution in [-0.4, -0.2) is 102 Å². The van der Waals surface area contributed by atoms with Crippen molar-refractivity contribution in [3.8, 4) is 5.75 Å². The number of ether oxygens (including phenoxy) is 1. The highest BCUT2D eigenvalue weighted by molar-refractivity contribution is 7.99. The summed E-state index contributed by atoms with van der Waals surface area (Å²) in [7, 11) is -4.84. The number of rotatable bonds is 6. The molecule has 2 aliphatic rings. The summed E-state index contributed by atoms with van der Waals surface area (Å²) in [6.45, 7) is 4.98. The molecule has 1 fully saturated rings. The SMILES string of the molecule is COS(=O)(=O)O.COS(=O)(=O)O.COc1cccc2c1Sc1ccc(Cl)cc1CC2N1CCN(CCO)CC1. The molecule has 2 aromatic carbocycles. The molecule has 3 N–H and O–H groups in total. The second-order valence-corrected chi connectivity index (χ2v) is 12.1. The van der Waals surface area contributed by atoms with Gasteiger partial charge >= 0.3 is 20.8 Å². The average molecular weight is 629 g/mol. The van der Waals surface area contributed by atoms with E-state index in [1.807, 2.05) is 12.1 Å². The van der Waals surface area contributed by atoms with Gasteiger partial charge in [-0.2, -0.15) is 16.8 Å². The van der Waals surface area contributed by atoms with E-state index in [1.165, 1.54) is 20.9 Å². The fourth-order valence-electron chi connectivity index (χ4n) is 4.07. The molecule has 4 rings (SSSR count). The number of halogens is 1. The first-order valence-electron chi connectivity index (χ1n) is 11.6. The Morgan fingerprint density at radius 3 is 2.08 bits per heavy atom. The molecule has 2 aliphatic heterocycles.